The zero-order chi connectivity index (χ0) is 8.43. The zero-order valence-electron chi connectivity index (χ0n) is 6.77. The molecule has 2 N–H and O–H groups in total. The smallest absolute Gasteiger partial charge is 0.550 e. The van der Waals surface area contributed by atoms with Crippen molar-refractivity contribution in [1.29, 1.82) is 0 Å². The van der Waals surface area contributed by atoms with Gasteiger partial charge in [-0.1, -0.05) is 0 Å². The summed E-state index contributed by atoms with van der Waals surface area (Å²) in [5.41, 5.74) is 0. The molecule has 0 radical (unpaired) electrons. The fraction of sp³-hybridized carbons (Fsp3) is 0.833. The normalized spacial score (nSPS) is 25.3. The number of epoxide rings is 1. The van der Waals surface area contributed by atoms with Crippen molar-refractivity contribution in [1.82, 2.24) is 0 Å². The number of ether oxygens (including phenoxy) is 1. The van der Waals surface area contributed by atoms with E-state index in [1.807, 2.05) is 0 Å². The number of carboxylic acids is 1. The maximum Gasteiger partial charge on any atom is 1.00 e. The predicted octanol–water partition coefficient (Wildman–Crippen LogP) is -5.75. The van der Waals surface area contributed by atoms with Gasteiger partial charge in [-0.2, -0.15) is 0 Å². The molecule has 0 aromatic heterocycles. The Morgan fingerprint density at radius 1 is 1.67 bits per heavy atom. The Morgan fingerprint density at radius 2 is 2.17 bits per heavy atom. The van der Waals surface area contributed by atoms with Gasteiger partial charge in [0.25, 0.3) is 0 Å². The van der Waals surface area contributed by atoms with E-state index in [1.54, 1.807) is 0 Å². The molecule has 0 bridgehead atoms. The third-order valence-corrected chi connectivity index (χ3v) is 1.51. The monoisotopic (exact) mass is 200 g/mol. The third kappa shape index (κ3) is 4.29. The molecule has 1 heterocycles. The summed E-state index contributed by atoms with van der Waals surface area (Å²) in [6.45, 7) is 0.380. The van der Waals surface area contributed by atoms with Crippen LogP contribution in [0.1, 0.15) is 6.42 Å². The summed E-state index contributed by atoms with van der Waals surface area (Å²) in [5.74, 6) is -1.38. The van der Waals surface area contributed by atoms with Crippen LogP contribution >= 0.6 is 0 Å². The predicted molar refractivity (Wildman–Crippen MR) is 31.4 cm³/mol. The topological polar surface area (TPSA) is 93.1 Å². The molecule has 0 amide bonds. The first kappa shape index (κ1) is 13.0. The van der Waals surface area contributed by atoms with E-state index in [9.17, 15) is 9.90 Å². The number of hydrogen-bond donors (Lipinski definition) is 2. The van der Waals surface area contributed by atoms with E-state index < -0.39 is 30.7 Å². The fourth-order valence-electron chi connectivity index (χ4n) is 0.792. The summed E-state index contributed by atoms with van der Waals surface area (Å²) in [6, 6.07) is 0. The Bertz CT molecular complexity index is 158. The molecule has 5 nitrogen and oxygen atoms in total. The molecule has 1 fully saturated rings. The Hall–Kier alpha value is 0.986. The quantitative estimate of drug-likeness (QED) is 0.348. The number of hydrogen-bond acceptors (Lipinski definition) is 5. The standard InChI is InChI=1S/C6H10O5.K/c7-3(1-5(8)9)6(10)4-2-11-4;/h3-4,6-7,10H,1-2H2,(H,8,9);/q;+1/p-1/t3-,4?,6+;/m1./s1. The molecule has 6 heteroatoms. The third-order valence-electron chi connectivity index (χ3n) is 1.51. The Balaban J connectivity index is 0.00000121. The average molecular weight is 200 g/mol. The van der Waals surface area contributed by atoms with Crippen LogP contribution in [0.25, 0.3) is 0 Å². The molecule has 0 spiro atoms. The van der Waals surface area contributed by atoms with Crippen molar-refractivity contribution in [2.75, 3.05) is 6.61 Å². The van der Waals surface area contributed by atoms with Gasteiger partial charge in [-0.15, -0.1) is 0 Å². The van der Waals surface area contributed by atoms with E-state index in [0.29, 0.717) is 6.61 Å². The first-order chi connectivity index (χ1) is 5.11. The minimum Gasteiger partial charge on any atom is -0.550 e. The molecule has 1 rings (SSSR count). The van der Waals surface area contributed by atoms with Crippen LogP contribution in [0.15, 0.2) is 0 Å². The van der Waals surface area contributed by atoms with Gasteiger partial charge in [0.1, 0.15) is 12.2 Å². The molecule has 64 valence electrons. The van der Waals surface area contributed by atoms with Gasteiger partial charge in [-0.3, -0.25) is 0 Å². The van der Waals surface area contributed by atoms with Gasteiger partial charge in [0, 0.05) is 12.4 Å². The van der Waals surface area contributed by atoms with Crippen LogP contribution in [0.2, 0.25) is 0 Å². The van der Waals surface area contributed by atoms with Crippen molar-refractivity contribution in [3.63, 3.8) is 0 Å². The van der Waals surface area contributed by atoms with E-state index >= 15 is 0 Å². The van der Waals surface area contributed by atoms with Crippen LogP contribution in [-0.2, 0) is 9.53 Å². The Labute approximate surface area is 112 Å². The number of aliphatic hydroxyl groups excluding tert-OH is 2. The van der Waals surface area contributed by atoms with Crippen molar-refractivity contribution >= 4 is 5.97 Å². The van der Waals surface area contributed by atoms with Gasteiger partial charge in [-0.25, -0.2) is 0 Å². The van der Waals surface area contributed by atoms with Crippen LogP contribution in [0.4, 0.5) is 0 Å². The van der Waals surface area contributed by atoms with Gasteiger partial charge in [0.2, 0.25) is 0 Å². The van der Waals surface area contributed by atoms with Gasteiger partial charge < -0.3 is 24.9 Å². The van der Waals surface area contributed by atoms with E-state index in [2.05, 4.69) is 4.74 Å². The second-order valence-corrected chi connectivity index (χ2v) is 2.51. The van der Waals surface area contributed by atoms with Crippen molar-refractivity contribution in [2.24, 2.45) is 0 Å². The second-order valence-electron chi connectivity index (χ2n) is 2.51. The van der Waals surface area contributed by atoms with Crippen LogP contribution in [0.5, 0.6) is 0 Å². The summed E-state index contributed by atoms with van der Waals surface area (Å²) in [5, 5.41) is 27.9. The first-order valence-electron chi connectivity index (χ1n) is 3.29. The zero-order valence-corrected chi connectivity index (χ0v) is 9.89. The minimum absolute atomic E-state index is 0. The Morgan fingerprint density at radius 3 is 2.50 bits per heavy atom. The van der Waals surface area contributed by atoms with Crippen molar-refractivity contribution in [3.8, 4) is 0 Å². The molecule has 0 aromatic rings. The van der Waals surface area contributed by atoms with E-state index in [-0.39, 0.29) is 51.4 Å². The number of carbonyl (C=O) groups excluding carboxylic acids is 1. The average Bonchev–Trinajstić information content (AvgIpc) is 2.65. The fourth-order valence-corrected chi connectivity index (χ4v) is 0.792. The minimum atomic E-state index is -1.38. The number of carbonyl (C=O) groups is 1. The molecule has 3 atom stereocenters. The van der Waals surface area contributed by atoms with Crippen LogP contribution < -0.4 is 56.5 Å². The second kappa shape index (κ2) is 5.66. The summed E-state index contributed by atoms with van der Waals surface area (Å²) < 4.78 is 4.65. The Kier molecular flexibility index (Phi) is 6.13. The van der Waals surface area contributed by atoms with Crippen LogP contribution in [0, 0.1) is 0 Å². The van der Waals surface area contributed by atoms with E-state index in [0.717, 1.165) is 0 Å². The summed E-state index contributed by atoms with van der Waals surface area (Å²) in [4.78, 5) is 9.93. The molecule has 0 saturated carbocycles. The molecular weight excluding hydrogens is 191 g/mol. The molecule has 0 aromatic carbocycles. The van der Waals surface area contributed by atoms with Crippen molar-refractivity contribution in [2.45, 2.75) is 24.7 Å². The molecule has 0 aliphatic carbocycles. The summed E-state index contributed by atoms with van der Waals surface area (Å²) in [7, 11) is 0. The van der Waals surface area contributed by atoms with Gasteiger partial charge in [-0.05, 0) is 0 Å². The van der Waals surface area contributed by atoms with Crippen molar-refractivity contribution < 1.29 is 76.2 Å². The molecule has 1 saturated heterocycles. The number of aliphatic hydroxyl groups is 2. The SMILES string of the molecule is O=C([O-])C[C@@H](O)[C@H](O)C1CO1.[K+]. The van der Waals surface area contributed by atoms with Gasteiger partial charge in [0.05, 0.1) is 12.7 Å². The molecule has 12 heavy (non-hydrogen) atoms. The number of rotatable bonds is 4. The van der Waals surface area contributed by atoms with Crippen molar-refractivity contribution in [3.05, 3.63) is 0 Å². The molecular formula is C6H9KO5. The van der Waals surface area contributed by atoms with Gasteiger partial charge in [0.15, 0.2) is 0 Å². The number of aliphatic carboxylic acids is 1. The summed E-state index contributed by atoms with van der Waals surface area (Å²) >= 11 is 0. The van der Waals surface area contributed by atoms with E-state index in [4.69, 9.17) is 10.2 Å². The number of carboxylic acid groups (broad SMARTS) is 1. The molecule has 1 aliphatic heterocycles. The largest absolute Gasteiger partial charge is 1.00 e. The molecule has 1 unspecified atom stereocenters. The summed E-state index contributed by atoms with van der Waals surface area (Å²) in [6.07, 6.45) is -3.34. The van der Waals surface area contributed by atoms with Gasteiger partial charge >= 0.3 is 51.4 Å². The van der Waals surface area contributed by atoms with Crippen LogP contribution in [0.3, 0.4) is 0 Å². The first-order valence-corrected chi connectivity index (χ1v) is 3.29. The van der Waals surface area contributed by atoms with E-state index in [1.165, 1.54) is 0 Å². The maximum atomic E-state index is 9.93. The maximum absolute atomic E-state index is 9.93. The molecule has 1 aliphatic rings. The van der Waals surface area contributed by atoms with Crippen LogP contribution in [-0.4, -0.2) is 41.1 Å².